The van der Waals surface area contributed by atoms with Gasteiger partial charge in [-0.1, -0.05) is 12.1 Å². The molecular weight excluding hydrogens is 783 g/mol. The number of aromatic nitrogens is 2. The van der Waals surface area contributed by atoms with Crippen LogP contribution in [0.4, 0.5) is 21.0 Å². The maximum absolute atomic E-state index is 13.9. The lowest BCUT2D eigenvalue weighted by Gasteiger charge is -2.35. The van der Waals surface area contributed by atoms with Crippen LogP contribution < -0.4 is 25.0 Å². The largest absolute Gasteiger partial charge is 0.495 e. The summed E-state index contributed by atoms with van der Waals surface area (Å²) >= 11 is 0. The Balaban J connectivity index is 1.13. The van der Waals surface area contributed by atoms with E-state index in [1.165, 1.54) is 12.0 Å². The third kappa shape index (κ3) is 12.8. The van der Waals surface area contributed by atoms with Crippen molar-refractivity contribution in [2.75, 3.05) is 57.2 Å². The van der Waals surface area contributed by atoms with Crippen LogP contribution in [0.15, 0.2) is 54.6 Å². The van der Waals surface area contributed by atoms with Crippen molar-refractivity contribution in [3.8, 4) is 11.5 Å². The number of unbranched alkanes of at least 4 members (excludes halogenated alkanes) is 2. The molecule has 3 N–H and O–H groups in total. The number of benzene rings is 3. The number of aromatic amines is 1. The maximum Gasteiger partial charge on any atom is 0.410 e. The van der Waals surface area contributed by atoms with E-state index in [0.717, 1.165) is 18.4 Å². The zero-order chi connectivity index (χ0) is 44.5. The van der Waals surface area contributed by atoms with Crippen molar-refractivity contribution in [2.45, 2.75) is 91.9 Å². The number of fused-ring (bicyclic) bond motifs is 1. The number of nitrogens with one attached hydrogen (secondary N) is 3. The van der Waals surface area contributed by atoms with E-state index in [-0.39, 0.29) is 30.2 Å². The van der Waals surface area contributed by atoms with Gasteiger partial charge >= 0.3 is 12.2 Å². The van der Waals surface area contributed by atoms with Gasteiger partial charge in [-0.2, -0.15) is 0 Å². The van der Waals surface area contributed by atoms with Crippen LogP contribution in [0.3, 0.4) is 0 Å². The van der Waals surface area contributed by atoms with Gasteiger partial charge in [0.15, 0.2) is 0 Å². The van der Waals surface area contributed by atoms with E-state index in [4.69, 9.17) is 18.9 Å². The summed E-state index contributed by atoms with van der Waals surface area (Å²) in [5, 5.41) is 5.54. The number of hydrogen-bond donors (Lipinski definition) is 3. The molecule has 2 heterocycles. The second-order valence-corrected chi connectivity index (χ2v) is 17.0. The van der Waals surface area contributed by atoms with Gasteiger partial charge in [0, 0.05) is 45.2 Å². The molecule has 328 valence electrons. The third-order valence-corrected chi connectivity index (χ3v) is 9.66. The summed E-state index contributed by atoms with van der Waals surface area (Å²) in [7, 11) is 3.13. The molecule has 61 heavy (non-hydrogen) atoms. The average molecular weight is 842 g/mol. The fraction of sp³-hybridized carbons (Fsp3) is 0.467. The zero-order valence-electron chi connectivity index (χ0n) is 36.7. The highest BCUT2D eigenvalue weighted by molar-refractivity contribution is 6.12. The second kappa shape index (κ2) is 19.8. The number of methoxy groups -OCH3 is 1. The van der Waals surface area contributed by atoms with Crippen LogP contribution in [0.5, 0.6) is 11.5 Å². The van der Waals surface area contributed by atoms with E-state index in [0.29, 0.717) is 90.7 Å². The Kier molecular flexibility index (Phi) is 14.9. The standard InChI is InChI=1S/C45H59N7O9/c1-29-17-20-34(36(26-29)59-25-12-10-11-16-38(53)51-21-23-52(24-22-51)43(57)61-45(5,6)7)50(8)41(55)30-18-19-32(35(27-30)58-9)48-40(54)31-14-13-15-33-39(31)49-37(47-33)28-46-42(56)60-44(2,3)4/h13-15,17-20,26-27H,10-12,16,21-25,28H2,1-9H3,(H,46,56)(H,47,49)(H,48,54). The first-order chi connectivity index (χ1) is 28.8. The summed E-state index contributed by atoms with van der Waals surface area (Å²) in [5.74, 6) is 0.603. The molecule has 0 aliphatic carbocycles. The van der Waals surface area contributed by atoms with Crippen LogP contribution in [0.2, 0.25) is 0 Å². The molecule has 5 amide bonds. The van der Waals surface area contributed by atoms with E-state index in [1.807, 2.05) is 45.9 Å². The number of para-hydroxylation sites is 1. The minimum absolute atomic E-state index is 0.0723. The molecule has 16 heteroatoms. The highest BCUT2D eigenvalue weighted by Gasteiger charge is 2.28. The Bertz CT molecular complexity index is 2220. The smallest absolute Gasteiger partial charge is 0.410 e. The number of amides is 5. The van der Waals surface area contributed by atoms with Crippen LogP contribution in [0.25, 0.3) is 11.0 Å². The lowest BCUT2D eigenvalue weighted by molar-refractivity contribution is -0.133. The van der Waals surface area contributed by atoms with Crippen LogP contribution in [-0.2, 0) is 20.8 Å². The minimum atomic E-state index is -0.647. The molecule has 1 aliphatic heterocycles. The molecule has 1 aliphatic rings. The number of carbonyl (C=O) groups excluding carboxylic acids is 5. The Morgan fingerprint density at radius 1 is 0.836 bits per heavy atom. The Labute approximate surface area is 357 Å². The van der Waals surface area contributed by atoms with Crippen LogP contribution in [-0.4, -0.2) is 108 Å². The van der Waals surface area contributed by atoms with Crippen molar-refractivity contribution in [1.29, 1.82) is 0 Å². The lowest BCUT2D eigenvalue weighted by Crippen LogP contribution is -2.51. The predicted molar refractivity (Wildman–Crippen MR) is 232 cm³/mol. The molecular formula is C45H59N7O9. The van der Waals surface area contributed by atoms with Crippen molar-refractivity contribution in [1.82, 2.24) is 25.1 Å². The first-order valence-electron chi connectivity index (χ1n) is 20.5. The average Bonchev–Trinajstić information content (AvgIpc) is 3.63. The fourth-order valence-electron chi connectivity index (χ4n) is 6.61. The number of alkyl carbamates (subject to hydrolysis) is 1. The SMILES string of the molecule is COc1cc(C(=O)N(C)c2ccc(C)cc2OCCCCCC(=O)N2CCN(C(=O)OC(C)(C)C)CC2)ccc1NC(=O)c1cccc2[nH]c(CNC(=O)OC(C)(C)C)nc12. The molecule has 1 aromatic heterocycles. The maximum atomic E-state index is 13.9. The van der Waals surface area contributed by atoms with Crippen LogP contribution in [0, 0.1) is 6.92 Å². The molecule has 0 radical (unpaired) electrons. The topological polar surface area (TPSA) is 185 Å². The quantitative estimate of drug-likeness (QED) is 0.108. The summed E-state index contributed by atoms with van der Waals surface area (Å²) < 4.78 is 22.6. The number of H-pyrrole nitrogens is 1. The van der Waals surface area contributed by atoms with Crippen molar-refractivity contribution >= 4 is 52.3 Å². The number of piperazine rings is 1. The Morgan fingerprint density at radius 3 is 2.23 bits per heavy atom. The molecule has 0 unspecified atom stereocenters. The molecule has 1 fully saturated rings. The van der Waals surface area contributed by atoms with Gasteiger partial charge in [-0.3, -0.25) is 14.4 Å². The Morgan fingerprint density at radius 2 is 1.54 bits per heavy atom. The van der Waals surface area contributed by atoms with Gasteiger partial charge in [0.05, 0.1) is 42.7 Å². The predicted octanol–water partition coefficient (Wildman–Crippen LogP) is 7.45. The molecule has 0 saturated carbocycles. The molecule has 0 atom stereocenters. The fourth-order valence-corrected chi connectivity index (χ4v) is 6.61. The molecule has 3 aromatic carbocycles. The van der Waals surface area contributed by atoms with Gasteiger partial charge in [0.2, 0.25) is 5.91 Å². The van der Waals surface area contributed by atoms with Crippen LogP contribution >= 0.6 is 0 Å². The van der Waals surface area contributed by atoms with Crippen molar-refractivity contribution in [2.24, 2.45) is 0 Å². The number of carbonyl (C=O) groups is 5. The van der Waals surface area contributed by atoms with Crippen molar-refractivity contribution in [3.63, 3.8) is 0 Å². The molecule has 0 bridgehead atoms. The highest BCUT2D eigenvalue weighted by atomic mass is 16.6. The molecule has 0 spiro atoms. The molecule has 16 nitrogen and oxygen atoms in total. The summed E-state index contributed by atoms with van der Waals surface area (Å²) in [5.41, 5.74) is 2.36. The minimum Gasteiger partial charge on any atom is -0.495 e. The van der Waals surface area contributed by atoms with Crippen molar-refractivity contribution in [3.05, 3.63) is 77.1 Å². The highest BCUT2D eigenvalue weighted by Crippen LogP contribution is 2.32. The lowest BCUT2D eigenvalue weighted by atomic mass is 10.1. The summed E-state index contributed by atoms with van der Waals surface area (Å²) in [6, 6.07) is 15.6. The van der Waals surface area contributed by atoms with Gasteiger partial charge in [-0.25, -0.2) is 14.6 Å². The number of nitrogens with zero attached hydrogens (tertiary/aromatic N) is 4. The number of hydrogen-bond acceptors (Lipinski definition) is 10. The van der Waals surface area contributed by atoms with Gasteiger partial charge in [0.25, 0.3) is 11.8 Å². The van der Waals surface area contributed by atoms with Gasteiger partial charge < -0.3 is 49.3 Å². The van der Waals surface area contributed by atoms with E-state index in [9.17, 15) is 24.0 Å². The Hall–Kier alpha value is -6.32. The molecule has 4 aromatic rings. The summed E-state index contributed by atoms with van der Waals surface area (Å²) in [4.78, 5) is 77.4. The normalized spacial score (nSPS) is 13.1. The number of rotatable bonds is 14. The van der Waals surface area contributed by atoms with Gasteiger partial charge in [0.1, 0.15) is 34.0 Å². The van der Waals surface area contributed by atoms with Crippen molar-refractivity contribution < 1.29 is 42.9 Å². The van der Waals surface area contributed by atoms with Gasteiger partial charge in [-0.15, -0.1) is 0 Å². The first-order valence-corrected chi connectivity index (χ1v) is 20.5. The van der Waals surface area contributed by atoms with E-state index >= 15 is 0 Å². The summed E-state index contributed by atoms with van der Waals surface area (Å²) in [6.07, 6.45) is 1.70. The molecule has 1 saturated heterocycles. The van der Waals surface area contributed by atoms with Crippen LogP contribution in [0.1, 0.15) is 99.3 Å². The van der Waals surface area contributed by atoms with E-state index < -0.39 is 23.2 Å². The number of anilines is 2. The second-order valence-electron chi connectivity index (χ2n) is 17.0. The first kappa shape index (κ1) is 45.8. The number of ether oxygens (including phenoxy) is 4. The molecule has 5 rings (SSSR count). The third-order valence-electron chi connectivity index (χ3n) is 9.66. The summed E-state index contributed by atoms with van der Waals surface area (Å²) in [6.45, 7) is 15.1. The number of aryl methyl sites for hydroxylation is 1. The van der Waals surface area contributed by atoms with E-state index in [1.54, 1.807) is 74.0 Å². The number of imidazole rings is 1. The van der Waals surface area contributed by atoms with Gasteiger partial charge in [-0.05, 0) is 116 Å². The van der Waals surface area contributed by atoms with E-state index in [2.05, 4.69) is 20.6 Å². The monoisotopic (exact) mass is 841 g/mol. The zero-order valence-corrected chi connectivity index (χ0v) is 36.7.